The Labute approximate surface area is 200 Å². The van der Waals surface area contributed by atoms with Crippen molar-refractivity contribution in [3.05, 3.63) is 96.1 Å². The molecule has 2 N–H and O–H groups in total. The number of hydrogen-bond acceptors (Lipinski definition) is 4. The van der Waals surface area contributed by atoms with E-state index in [2.05, 4.69) is 22.8 Å². The first-order valence-electron chi connectivity index (χ1n) is 11.5. The Bertz CT molecular complexity index is 1070. The van der Waals surface area contributed by atoms with E-state index >= 15 is 0 Å². The molecule has 0 aliphatic carbocycles. The van der Waals surface area contributed by atoms with Crippen molar-refractivity contribution in [1.29, 1.82) is 0 Å². The summed E-state index contributed by atoms with van der Waals surface area (Å²) in [5, 5.41) is 5.65. The van der Waals surface area contributed by atoms with Crippen LogP contribution in [0.1, 0.15) is 36.8 Å². The SMILES string of the molecule is O=C(CCCC(=O)OCCCc1ccccc1)Nc1cccc(NC(=O)Cc2ccccc2)c1. The second kappa shape index (κ2) is 13.6. The van der Waals surface area contributed by atoms with E-state index in [0.717, 1.165) is 18.4 Å². The topological polar surface area (TPSA) is 84.5 Å². The Morgan fingerprint density at radius 2 is 1.26 bits per heavy atom. The van der Waals surface area contributed by atoms with Gasteiger partial charge in [-0.25, -0.2) is 0 Å². The van der Waals surface area contributed by atoms with Gasteiger partial charge in [-0.15, -0.1) is 0 Å². The summed E-state index contributed by atoms with van der Waals surface area (Å²) >= 11 is 0. The van der Waals surface area contributed by atoms with Gasteiger partial charge >= 0.3 is 5.97 Å². The molecule has 0 aliphatic heterocycles. The van der Waals surface area contributed by atoms with E-state index in [9.17, 15) is 14.4 Å². The van der Waals surface area contributed by atoms with Gasteiger partial charge in [0, 0.05) is 24.2 Å². The molecule has 0 spiro atoms. The van der Waals surface area contributed by atoms with Crippen molar-refractivity contribution in [2.24, 2.45) is 0 Å². The second-order valence-corrected chi connectivity index (χ2v) is 8.00. The van der Waals surface area contributed by atoms with E-state index < -0.39 is 0 Å². The number of aryl methyl sites for hydroxylation is 1. The lowest BCUT2D eigenvalue weighted by Crippen LogP contribution is -2.15. The summed E-state index contributed by atoms with van der Waals surface area (Å²) in [5.74, 6) is -0.606. The molecular weight excluding hydrogens is 428 g/mol. The van der Waals surface area contributed by atoms with Gasteiger partial charge in [0.25, 0.3) is 0 Å². The zero-order chi connectivity index (χ0) is 24.0. The Kier molecular flexibility index (Phi) is 9.87. The van der Waals surface area contributed by atoms with Crippen molar-refractivity contribution in [1.82, 2.24) is 0 Å². The summed E-state index contributed by atoms with van der Waals surface area (Å²) in [6.45, 7) is 0.378. The number of benzene rings is 3. The Morgan fingerprint density at radius 1 is 0.647 bits per heavy atom. The minimum absolute atomic E-state index is 0.128. The van der Waals surface area contributed by atoms with E-state index in [-0.39, 0.29) is 37.0 Å². The van der Waals surface area contributed by atoms with Crippen molar-refractivity contribution in [2.75, 3.05) is 17.2 Å². The van der Waals surface area contributed by atoms with Crippen LogP contribution in [0.4, 0.5) is 11.4 Å². The van der Waals surface area contributed by atoms with Crippen LogP contribution in [0.15, 0.2) is 84.9 Å². The molecule has 3 aromatic carbocycles. The number of rotatable bonds is 12. The average molecular weight is 459 g/mol. The maximum absolute atomic E-state index is 12.2. The highest BCUT2D eigenvalue weighted by Gasteiger charge is 2.09. The minimum atomic E-state index is -0.288. The van der Waals surface area contributed by atoms with Gasteiger partial charge in [-0.05, 0) is 48.6 Å². The number of hydrogen-bond donors (Lipinski definition) is 2. The van der Waals surface area contributed by atoms with Crippen molar-refractivity contribution in [3.8, 4) is 0 Å². The van der Waals surface area contributed by atoms with Crippen LogP contribution in [-0.2, 0) is 32.0 Å². The van der Waals surface area contributed by atoms with Crippen molar-refractivity contribution >= 4 is 29.2 Å². The summed E-state index contributed by atoms with van der Waals surface area (Å²) in [6.07, 6.45) is 2.74. The van der Waals surface area contributed by atoms with Crippen LogP contribution in [0, 0.1) is 0 Å². The van der Waals surface area contributed by atoms with E-state index in [1.807, 2.05) is 48.5 Å². The number of ether oxygens (including phenoxy) is 1. The molecule has 0 aromatic heterocycles. The Balaban J connectivity index is 1.32. The molecule has 2 amide bonds. The fraction of sp³-hybridized carbons (Fsp3) is 0.250. The number of nitrogens with one attached hydrogen (secondary N) is 2. The lowest BCUT2D eigenvalue weighted by Gasteiger charge is -2.09. The first kappa shape index (κ1) is 24.7. The number of esters is 1. The molecule has 176 valence electrons. The second-order valence-electron chi connectivity index (χ2n) is 8.00. The number of carbonyl (C=O) groups excluding carboxylic acids is 3. The summed E-state index contributed by atoms with van der Waals surface area (Å²) < 4.78 is 5.25. The lowest BCUT2D eigenvalue weighted by molar-refractivity contribution is -0.143. The molecule has 0 heterocycles. The molecule has 0 unspecified atom stereocenters. The molecule has 6 heteroatoms. The summed E-state index contributed by atoms with van der Waals surface area (Å²) in [6, 6.07) is 26.5. The van der Waals surface area contributed by atoms with Crippen LogP contribution in [-0.4, -0.2) is 24.4 Å². The smallest absolute Gasteiger partial charge is 0.305 e. The van der Waals surface area contributed by atoms with E-state index in [0.29, 0.717) is 24.4 Å². The number of amides is 2. The zero-order valence-corrected chi connectivity index (χ0v) is 19.2. The summed E-state index contributed by atoms with van der Waals surface area (Å²) in [7, 11) is 0. The van der Waals surface area contributed by atoms with Crippen LogP contribution >= 0.6 is 0 Å². The van der Waals surface area contributed by atoms with Crippen LogP contribution in [0.3, 0.4) is 0 Å². The molecule has 0 aliphatic rings. The molecule has 0 bridgehead atoms. The van der Waals surface area contributed by atoms with Crippen LogP contribution in [0.5, 0.6) is 0 Å². The fourth-order valence-corrected chi connectivity index (χ4v) is 3.46. The van der Waals surface area contributed by atoms with Crippen LogP contribution in [0.2, 0.25) is 0 Å². The minimum Gasteiger partial charge on any atom is -0.466 e. The normalized spacial score (nSPS) is 10.4. The first-order chi connectivity index (χ1) is 16.6. The number of carbonyl (C=O) groups is 3. The maximum Gasteiger partial charge on any atom is 0.305 e. The maximum atomic E-state index is 12.2. The van der Waals surface area contributed by atoms with Gasteiger partial charge in [-0.3, -0.25) is 14.4 Å². The van der Waals surface area contributed by atoms with Gasteiger partial charge in [-0.1, -0.05) is 66.7 Å². The highest BCUT2D eigenvalue weighted by Crippen LogP contribution is 2.16. The molecule has 0 radical (unpaired) electrons. The number of anilines is 2. The van der Waals surface area contributed by atoms with E-state index in [4.69, 9.17) is 4.74 Å². The molecule has 0 atom stereocenters. The highest BCUT2D eigenvalue weighted by molar-refractivity contribution is 5.94. The summed E-state index contributed by atoms with van der Waals surface area (Å²) in [4.78, 5) is 36.4. The summed E-state index contributed by atoms with van der Waals surface area (Å²) in [5.41, 5.74) is 3.35. The van der Waals surface area contributed by atoms with Gasteiger partial charge in [0.1, 0.15) is 0 Å². The van der Waals surface area contributed by atoms with Crippen molar-refractivity contribution < 1.29 is 19.1 Å². The monoisotopic (exact) mass is 458 g/mol. The molecule has 3 aromatic rings. The fourth-order valence-electron chi connectivity index (χ4n) is 3.46. The van der Waals surface area contributed by atoms with Crippen LogP contribution < -0.4 is 10.6 Å². The lowest BCUT2D eigenvalue weighted by atomic mass is 10.1. The largest absolute Gasteiger partial charge is 0.466 e. The van der Waals surface area contributed by atoms with Gasteiger partial charge in [-0.2, -0.15) is 0 Å². The van der Waals surface area contributed by atoms with E-state index in [1.54, 1.807) is 24.3 Å². The van der Waals surface area contributed by atoms with E-state index in [1.165, 1.54) is 5.56 Å². The molecule has 0 saturated carbocycles. The third kappa shape index (κ3) is 9.28. The predicted octanol–water partition coefficient (Wildman–Crippen LogP) is 5.15. The van der Waals surface area contributed by atoms with Gasteiger partial charge in [0.05, 0.1) is 13.0 Å². The van der Waals surface area contributed by atoms with Crippen molar-refractivity contribution in [3.63, 3.8) is 0 Å². The average Bonchev–Trinajstić information content (AvgIpc) is 2.83. The van der Waals surface area contributed by atoms with Crippen molar-refractivity contribution in [2.45, 2.75) is 38.5 Å². The van der Waals surface area contributed by atoms with Gasteiger partial charge < -0.3 is 15.4 Å². The molecule has 3 rings (SSSR count). The molecule has 0 saturated heterocycles. The molecule has 34 heavy (non-hydrogen) atoms. The van der Waals surface area contributed by atoms with Gasteiger partial charge in [0.2, 0.25) is 11.8 Å². The quantitative estimate of drug-likeness (QED) is 0.290. The Morgan fingerprint density at radius 3 is 1.94 bits per heavy atom. The highest BCUT2D eigenvalue weighted by atomic mass is 16.5. The molecule has 6 nitrogen and oxygen atoms in total. The third-order valence-electron chi connectivity index (χ3n) is 5.14. The standard InChI is InChI=1S/C28H30N2O4/c31-26(17-8-18-28(33)34-19-9-14-22-10-3-1-4-11-22)29-24-15-7-16-25(21-24)30-27(32)20-23-12-5-2-6-13-23/h1-7,10-13,15-16,21H,8-9,14,17-20H2,(H,29,31)(H,30,32). The molecule has 0 fully saturated rings. The zero-order valence-electron chi connectivity index (χ0n) is 19.2. The predicted molar refractivity (Wildman–Crippen MR) is 133 cm³/mol. The third-order valence-corrected chi connectivity index (χ3v) is 5.14. The van der Waals surface area contributed by atoms with Gasteiger partial charge in [0.15, 0.2) is 0 Å². The Hall–Kier alpha value is -3.93. The molecular formula is C28H30N2O4. The van der Waals surface area contributed by atoms with Crippen LogP contribution in [0.25, 0.3) is 0 Å². The first-order valence-corrected chi connectivity index (χ1v) is 11.5.